The molecule has 0 aromatic heterocycles. The smallest absolute Gasteiger partial charge is 0.125 e. The first-order chi connectivity index (χ1) is 6.19. The number of phenols is 1. The van der Waals surface area contributed by atoms with Crippen molar-refractivity contribution in [2.75, 3.05) is 7.11 Å². The Morgan fingerprint density at radius 2 is 2.15 bits per heavy atom. The maximum atomic E-state index is 9.45. The first-order valence-corrected chi connectivity index (χ1v) is 3.92. The Kier molecular flexibility index (Phi) is 3.11. The molecule has 1 aromatic carbocycles. The molecule has 0 fully saturated rings. The lowest BCUT2D eigenvalue weighted by atomic mass is 10.1. The summed E-state index contributed by atoms with van der Waals surface area (Å²) in [5, 5.41) is 17.9. The van der Waals surface area contributed by atoms with Crippen LogP contribution in [0.15, 0.2) is 12.1 Å². The van der Waals surface area contributed by atoms with E-state index in [9.17, 15) is 5.11 Å². The van der Waals surface area contributed by atoms with Gasteiger partial charge in [-0.2, -0.15) is 0 Å². The molecule has 1 rings (SSSR count). The van der Waals surface area contributed by atoms with Crippen LogP contribution in [0.5, 0.6) is 11.5 Å². The Balaban J connectivity index is 3.06. The van der Waals surface area contributed by atoms with Crippen molar-refractivity contribution in [3.63, 3.8) is 0 Å². The zero-order valence-corrected chi connectivity index (χ0v) is 7.66. The van der Waals surface area contributed by atoms with Crippen LogP contribution in [0.2, 0.25) is 0 Å². The van der Waals surface area contributed by atoms with Crippen LogP contribution in [0.25, 0.3) is 0 Å². The molecule has 0 amide bonds. The lowest BCUT2D eigenvalue weighted by molar-refractivity contribution is 0.161. The summed E-state index contributed by atoms with van der Waals surface area (Å²) in [6.45, 7) is 2.05. The zero-order chi connectivity index (χ0) is 9.84. The summed E-state index contributed by atoms with van der Waals surface area (Å²) < 4.78 is 5.04. The third kappa shape index (κ3) is 2.11. The van der Waals surface area contributed by atoms with E-state index >= 15 is 0 Å². The molecule has 0 unspecified atom stereocenters. The van der Waals surface area contributed by atoms with Gasteiger partial charge in [-0.3, -0.25) is 0 Å². The molecule has 0 atom stereocenters. The van der Waals surface area contributed by atoms with Gasteiger partial charge in [-0.1, -0.05) is 0 Å². The highest BCUT2D eigenvalue weighted by molar-refractivity contribution is 5.46. The summed E-state index contributed by atoms with van der Waals surface area (Å²) >= 11 is 0. The van der Waals surface area contributed by atoms with Crippen LogP contribution in [-0.4, -0.2) is 17.4 Å². The first-order valence-electron chi connectivity index (χ1n) is 3.92. The van der Waals surface area contributed by atoms with Gasteiger partial charge in [0.05, 0.1) is 7.11 Å². The van der Waals surface area contributed by atoms with Crippen LogP contribution in [-0.2, 0) is 6.54 Å². The highest BCUT2D eigenvalue weighted by atomic mass is 16.5. The lowest BCUT2D eigenvalue weighted by Gasteiger charge is -2.09. The maximum absolute atomic E-state index is 9.45. The van der Waals surface area contributed by atoms with Crippen LogP contribution < -0.4 is 10.2 Å². The van der Waals surface area contributed by atoms with Crippen molar-refractivity contribution in [3.8, 4) is 11.5 Å². The molecule has 1 aromatic rings. The van der Waals surface area contributed by atoms with E-state index in [2.05, 4.69) is 0 Å². The number of hydroxylamine groups is 1. The van der Waals surface area contributed by atoms with Gasteiger partial charge >= 0.3 is 0 Å². The molecule has 4 nitrogen and oxygen atoms in total. The average molecular weight is 183 g/mol. The Labute approximate surface area is 76.7 Å². The van der Waals surface area contributed by atoms with Crippen LogP contribution in [0.3, 0.4) is 0 Å². The number of nitrogens with one attached hydrogen (secondary N) is 1. The Morgan fingerprint density at radius 3 is 2.69 bits per heavy atom. The molecule has 0 aliphatic rings. The quantitative estimate of drug-likeness (QED) is 0.616. The number of phenolic OH excluding ortho intramolecular Hbond substituents is 1. The monoisotopic (exact) mass is 183 g/mol. The standard InChI is InChI=1S/C9H13NO3/c1-6-8(11)3-7(5-10-12)4-9(6)13-2/h3-4,10-12H,5H2,1-2H3. The molecular weight excluding hydrogens is 170 g/mol. The fraction of sp³-hybridized carbons (Fsp3) is 0.333. The Bertz CT molecular complexity index is 299. The van der Waals surface area contributed by atoms with Gasteiger partial charge < -0.3 is 15.1 Å². The zero-order valence-electron chi connectivity index (χ0n) is 7.66. The fourth-order valence-electron chi connectivity index (χ4n) is 1.13. The number of hydrogen-bond donors (Lipinski definition) is 3. The van der Waals surface area contributed by atoms with Gasteiger partial charge in [-0.05, 0) is 24.6 Å². The van der Waals surface area contributed by atoms with E-state index in [-0.39, 0.29) is 12.3 Å². The topological polar surface area (TPSA) is 61.7 Å². The molecule has 0 radical (unpaired) electrons. The van der Waals surface area contributed by atoms with Crippen molar-refractivity contribution >= 4 is 0 Å². The Morgan fingerprint density at radius 1 is 1.46 bits per heavy atom. The number of hydrogen-bond acceptors (Lipinski definition) is 4. The van der Waals surface area contributed by atoms with Crippen molar-refractivity contribution in [1.29, 1.82) is 0 Å². The third-order valence-electron chi connectivity index (χ3n) is 1.90. The van der Waals surface area contributed by atoms with E-state index in [4.69, 9.17) is 9.94 Å². The van der Waals surface area contributed by atoms with E-state index < -0.39 is 0 Å². The molecule has 4 heteroatoms. The van der Waals surface area contributed by atoms with Crippen LogP contribution in [0, 0.1) is 6.92 Å². The molecule has 0 aliphatic carbocycles. The summed E-state index contributed by atoms with van der Waals surface area (Å²) in [4.78, 5) is 0. The minimum Gasteiger partial charge on any atom is -0.508 e. The molecule has 0 heterocycles. The highest BCUT2D eigenvalue weighted by Crippen LogP contribution is 2.28. The number of methoxy groups -OCH3 is 1. The predicted octanol–water partition coefficient (Wildman–Crippen LogP) is 1.19. The normalized spacial score (nSPS) is 10.1. The first kappa shape index (κ1) is 9.83. The third-order valence-corrected chi connectivity index (χ3v) is 1.90. The van der Waals surface area contributed by atoms with Crippen molar-refractivity contribution in [1.82, 2.24) is 5.48 Å². The lowest BCUT2D eigenvalue weighted by Crippen LogP contribution is -2.06. The minimum atomic E-state index is 0.171. The fourth-order valence-corrected chi connectivity index (χ4v) is 1.13. The van der Waals surface area contributed by atoms with Crippen LogP contribution >= 0.6 is 0 Å². The average Bonchev–Trinajstić information content (AvgIpc) is 2.11. The van der Waals surface area contributed by atoms with E-state index in [0.29, 0.717) is 11.3 Å². The van der Waals surface area contributed by atoms with Gasteiger partial charge in [-0.15, -0.1) is 0 Å². The number of aromatic hydroxyl groups is 1. The largest absolute Gasteiger partial charge is 0.508 e. The molecule has 72 valence electrons. The molecule has 0 bridgehead atoms. The van der Waals surface area contributed by atoms with Crippen molar-refractivity contribution < 1.29 is 15.1 Å². The van der Waals surface area contributed by atoms with E-state index in [1.807, 2.05) is 5.48 Å². The van der Waals surface area contributed by atoms with Gasteiger partial charge in [0.25, 0.3) is 0 Å². The predicted molar refractivity (Wildman–Crippen MR) is 48.0 cm³/mol. The summed E-state index contributed by atoms with van der Waals surface area (Å²) in [7, 11) is 1.54. The maximum Gasteiger partial charge on any atom is 0.125 e. The molecule has 0 saturated heterocycles. The van der Waals surface area contributed by atoms with Gasteiger partial charge in [0.15, 0.2) is 0 Å². The van der Waals surface area contributed by atoms with Crippen molar-refractivity contribution in [2.24, 2.45) is 0 Å². The summed E-state index contributed by atoms with van der Waals surface area (Å²) in [5.74, 6) is 0.787. The molecule has 3 N–H and O–H groups in total. The number of rotatable bonds is 3. The van der Waals surface area contributed by atoms with Crippen LogP contribution in [0.4, 0.5) is 0 Å². The minimum absolute atomic E-state index is 0.171. The summed E-state index contributed by atoms with van der Waals surface area (Å²) in [6.07, 6.45) is 0. The molecular formula is C9H13NO3. The molecule has 0 aliphatic heterocycles. The second-order valence-electron chi connectivity index (χ2n) is 2.78. The number of benzene rings is 1. The Hall–Kier alpha value is -1.26. The number of ether oxygens (including phenoxy) is 1. The SMILES string of the molecule is COc1cc(CNO)cc(O)c1C. The van der Waals surface area contributed by atoms with Crippen molar-refractivity contribution in [2.45, 2.75) is 13.5 Å². The molecule has 13 heavy (non-hydrogen) atoms. The van der Waals surface area contributed by atoms with E-state index in [1.54, 1.807) is 19.1 Å². The van der Waals surface area contributed by atoms with E-state index in [0.717, 1.165) is 5.56 Å². The van der Waals surface area contributed by atoms with Gasteiger partial charge in [0.1, 0.15) is 11.5 Å². The summed E-state index contributed by atoms with van der Waals surface area (Å²) in [6, 6.07) is 3.35. The van der Waals surface area contributed by atoms with Crippen molar-refractivity contribution in [3.05, 3.63) is 23.3 Å². The van der Waals surface area contributed by atoms with Gasteiger partial charge in [0.2, 0.25) is 0 Å². The second kappa shape index (κ2) is 4.11. The highest BCUT2D eigenvalue weighted by Gasteiger charge is 2.05. The second-order valence-corrected chi connectivity index (χ2v) is 2.78. The van der Waals surface area contributed by atoms with Gasteiger partial charge in [-0.25, -0.2) is 5.48 Å². The molecule has 0 saturated carbocycles. The molecule has 0 spiro atoms. The summed E-state index contributed by atoms with van der Waals surface area (Å²) in [5.41, 5.74) is 3.48. The van der Waals surface area contributed by atoms with Crippen LogP contribution in [0.1, 0.15) is 11.1 Å². The van der Waals surface area contributed by atoms with Gasteiger partial charge in [0, 0.05) is 12.1 Å². The van der Waals surface area contributed by atoms with E-state index in [1.165, 1.54) is 7.11 Å².